The maximum absolute atomic E-state index is 13.6. The molecule has 1 atom stereocenters. The Kier molecular flexibility index (Phi) is 5.61. The standard InChI is InChI=1S/C15H17BrFN3/c1-2-6-19-13(14-10-18-7-8-20-14)9-11-4-3-5-12(17)15(11)16/h3-5,7-8,10,13,19H,2,6,9H2,1H3. The van der Waals surface area contributed by atoms with Crippen LogP contribution in [-0.2, 0) is 6.42 Å². The Morgan fingerprint density at radius 1 is 1.35 bits per heavy atom. The summed E-state index contributed by atoms with van der Waals surface area (Å²) in [5.41, 5.74) is 1.79. The summed E-state index contributed by atoms with van der Waals surface area (Å²) in [6, 6.07) is 5.12. The van der Waals surface area contributed by atoms with Crippen LogP contribution in [0.15, 0.2) is 41.3 Å². The van der Waals surface area contributed by atoms with E-state index in [9.17, 15) is 4.39 Å². The Labute approximate surface area is 126 Å². The Balaban J connectivity index is 2.21. The molecule has 1 unspecified atom stereocenters. The number of halogens is 2. The summed E-state index contributed by atoms with van der Waals surface area (Å²) in [6.07, 6.45) is 6.77. The van der Waals surface area contributed by atoms with Crippen molar-refractivity contribution in [2.24, 2.45) is 0 Å². The summed E-state index contributed by atoms with van der Waals surface area (Å²) >= 11 is 3.31. The molecule has 0 amide bonds. The van der Waals surface area contributed by atoms with Crippen LogP contribution in [0.1, 0.15) is 30.6 Å². The lowest BCUT2D eigenvalue weighted by Gasteiger charge is -2.18. The Bertz CT molecular complexity index is 548. The van der Waals surface area contributed by atoms with E-state index in [1.807, 2.05) is 6.07 Å². The van der Waals surface area contributed by atoms with E-state index in [4.69, 9.17) is 0 Å². The highest BCUT2D eigenvalue weighted by Crippen LogP contribution is 2.25. The lowest BCUT2D eigenvalue weighted by molar-refractivity contribution is 0.513. The number of nitrogens with one attached hydrogen (secondary N) is 1. The molecular formula is C15H17BrFN3. The minimum Gasteiger partial charge on any atom is -0.308 e. The van der Waals surface area contributed by atoms with E-state index in [1.54, 1.807) is 24.7 Å². The molecule has 5 heteroatoms. The van der Waals surface area contributed by atoms with E-state index in [0.717, 1.165) is 24.2 Å². The predicted molar refractivity (Wildman–Crippen MR) is 80.9 cm³/mol. The number of benzene rings is 1. The largest absolute Gasteiger partial charge is 0.308 e. The molecule has 3 nitrogen and oxygen atoms in total. The molecule has 1 N–H and O–H groups in total. The molecule has 106 valence electrons. The lowest BCUT2D eigenvalue weighted by atomic mass is 10.0. The van der Waals surface area contributed by atoms with Crippen molar-refractivity contribution in [1.82, 2.24) is 15.3 Å². The van der Waals surface area contributed by atoms with E-state index in [2.05, 4.69) is 38.1 Å². The van der Waals surface area contributed by atoms with Crippen molar-refractivity contribution in [3.63, 3.8) is 0 Å². The van der Waals surface area contributed by atoms with Gasteiger partial charge in [-0.3, -0.25) is 9.97 Å². The minimum absolute atomic E-state index is 0.0294. The van der Waals surface area contributed by atoms with E-state index in [-0.39, 0.29) is 11.9 Å². The number of hydrogen-bond donors (Lipinski definition) is 1. The molecule has 20 heavy (non-hydrogen) atoms. The molecule has 0 spiro atoms. The molecular weight excluding hydrogens is 321 g/mol. The van der Waals surface area contributed by atoms with Gasteiger partial charge in [0.25, 0.3) is 0 Å². The third-order valence-corrected chi connectivity index (χ3v) is 3.92. The first-order valence-electron chi connectivity index (χ1n) is 6.64. The molecule has 0 radical (unpaired) electrons. The van der Waals surface area contributed by atoms with Gasteiger partial charge in [0, 0.05) is 18.6 Å². The van der Waals surface area contributed by atoms with Gasteiger partial charge in [-0.05, 0) is 46.9 Å². The van der Waals surface area contributed by atoms with E-state index in [0.29, 0.717) is 10.9 Å². The zero-order valence-electron chi connectivity index (χ0n) is 11.3. The van der Waals surface area contributed by atoms with Crippen LogP contribution >= 0.6 is 15.9 Å². The van der Waals surface area contributed by atoms with Crippen molar-refractivity contribution in [3.05, 3.63) is 58.3 Å². The molecule has 0 aliphatic carbocycles. The fraction of sp³-hybridized carbons (Fsp3) is 0.333. The van der Waals surface area contributed by atoms with Crippen molar-refractivity contribution >= 4 is 15.9 Å². The fourth-order valence-corrected chi connectivity index (χ4v) is 2.44. The fourth-order valence-electron chi connectivity index (χ4n) is 2.02. The second-order valence-electron chi connectivity index (χ2n) is 4.55. The molecule has 2 rings (SSSR count). The summed E-state index contributed by atoms with van der Waals surface area (Å²) in [7, 11) is 0. The normalized spacial score (nSPS) is 12.3. The molecule has 0 saturated carbocycles. The minimum atomic E-state index is -0.240. The van der Waals surface area contributed by atoms with Gasteiger partial charge in [-0.1, -0.05) is 19.1 Å². The maximum Gasteiger partial charge on any atom is 0.137 e. The van der Waals surface area contributed by atoms with Crippen LogP contribution < -0.4 is 5.32 Å². The number of rotatable bonds is 6. The summed E-state index contributed by atoms with van der Waals surface area (Å²) in [5, 5.41) is 3.44. The van der Waals surface area contributed by atoms with Crippen molar-refractivity contribution in [2.75, 3.05) is 6.54 Å². The highest BCUT2D eigenvalue weighted by molar-refractivity contribution is 9.10. The van der Waals surface area contributed by atoms with Crippen molar-refractivity contribution < 1.29 is 4.39 Å². The van der Waals surface area contributed by atoms with Crippen LogP contribution in [0.4, 0.5) is 4.39 Å². The monoisotopic (exact) mass is 337 g/mol. The summed E-state index contributed by atoms with van der Waals surface area (Å²) in [4.78, 5) is 8.45. The molecule has 0 aliphatic heterocycles. The first-order chi connectivity index (χ1) is 9.72. The third kappa shape index (κ3) is 3.84. The van der Waals surface area contributed by atoms with Gasteiger partial charge < -0.3 is 5.32 Å². The summed E-state index contributed by atoms with van der Waals surface area (Å²) in [6.45, 7) is 2.99. The molecule has 0 bridgehead atoms. The van der Waals surface area contributed by atoms with Crippen LogP contribution in [0, 0.1) is 5.82 Å². The number of aromatic nitrogens is 2. The van der Waals surface area contributed by atoms with Gasteiger partial charge in [-0.2, -0.15) is 0 Å². The molecule has 0 fully saturated rings. The zero-order valence-corrected chi connectivity index (χ0v) is 12.9. The van der Waals surface area contributed by atoms with E-state index >= 15 is 0 Å². The highest BCUT2D eigenvalue weighted by atomic mass is 79.9. The zero-order chi connectivity index (χ0) is 14.4. The van der Waals surface area contributed by atoms with Crippen LogP contribution in [0.5, 0.6) is 0 Å². The average molecular weight is 338 g/mol. The lowest BCUT2D eigenvalue weighted by Crippen LogP contribution is -2.25. The second-order valence-corrected chi connectivity index (χ2v) is 5.35. The molecule has 1 aromatic carbocycles. The second kappa shape index (κ2) is 7.45. The van der Waals surface area contributed by atoms with Crippen LogP contribution in [-0.4, -0.2) is 16.5 Å². The van der Waals surface area contributed by atoms with Gasteiger partial charge in [-0.15, -0.1) is 0 Å². The Morgan fingerprint density at radius 3 is 2.90 bits per heavy atom. The first kappa shape index (κ1) is 15.1. The quantitative estimate of drug-likeness (QED) is 0.873. The first-order valence-corrected chi connectivity index (χ1v) is 7.44. The Morgan fingerprint density at radius 2 is 2.20 bits per heavy atom. The van der Waals surface area contributed by atoms with E-state index in [1.165, 1.54) is 6.07 Å². The van der Waals surface area contributed by atoms with Gasteiger partial charge in [0.1, 0.15) is 5.82 Å². The molecule has 0 aliphatic rings. The van der Waals surface area contributed by atoms with Crippen LogP contribution in [0.3, 0.4) is 0 Å². The highest BCUT2D eigenvalue weighted by Gasteiger charge is 2.15. The van der Waals surface area contributed by atoms with E-state index < -0.39 is 0 Å². The van der Waals surface area contributed by atoms with Gasteiger partial charge in [-0.25, -0.2) is 4.39 Å². The van der Waals surface area contributed by atoms with Crippen LogP contribution in [0.2, 0.25) is 0 Å². The SMILES string of the molecule is CCCNC(Cc1cccc(F)c1Br)c1cnccn1. The van der Waals surface area contributed by atoms with Gasteiger partial charge in [0.15, 0.2) is 0 Å². The van der Waals surface area contributed by atoms with Crippen molar-refractivity contribution in [3.8, 4) is 0 Å². The summed E-state index contributed by atoms with van der Waals surface area (Å²) < 4.78 is 14.1. The summed E-state index contributed by atoms with van der Waals surface area (Å²) in [5.74, 6) is -0.240. The van der Waals surface area contributed by atoms with Crippen molar-refractivity contribution in [1.29, 1.82) is 0 Å². The maximum atomic E-state index is 13.6. The number of hydrogen-bond acceptors (Lipinski definition) is 3. The van der Waals surface area contributed by atoms with Gasteiger partial charge in [0.2, 0.25) is 0 Å². The Hall–Kier alpha value is -1.33. The average Bonchev–Trinajstić information content (AvgIpc) is 2.48. The van der Waals surface area contributed by atoms with Crippen molar-refractivity contribution in [2.45, 2.75) is 25.8 Å². The topological polar surface area (TPSA) is 37.8 Å². The molecule has 1 aromatic heterocycles. The predicted octanol–water partition coefficient (Wildman–Crippen LogP) is 3.66. The van der Waals surface area contributed by atoms with Gasteiger partial charge >= 0.3 is 0 Å². The van der Waals surface area contributed by atoms with Crippen LogP contribution in [0.25, 0.3) is 0 Å². The molecule has 1 heterocycles. The molecule has 0 saturated heterocycles. The third-order valence-electron chi connectivity index (χ3n) is 3.04. The smallest absolute Gasteiger partial charge is 0.137 e. The number of nitrogens with zero attached hydrogens (tertiary/aromatic N) is 2. The molecule has 2 aromatic rings. The van der Waals surface area contributed by atoms with Gasteiger partial charge in [0.05, 0.1) is 16.2 Å².